The second-order valence-electron chi connectivity index (χ2n) is 9.02. The number of aliphatic hydroxyl groups is 2. The van der Waals surface area contributed by atoms with Crippen LogP contribution in [0.25, 0.3) is 0 Å². The Kier molecular flexibility index (Phi) is 3.05. The maximum atomic E-state index is 10.9. The summed E-state index contributed by atoms with van der Waals surface area (Å²) >= 11 is 0. The summed E-state index contributed by atoms with van der Waals surface area (Å²) in [5.41, 5.74) is 1.19. The van der Waals surface area contributed by atoms with Crippen molar-refractivity contribution >= 4 is 0 Å². The van der Waals surface area contributed by atoms with Crippen molar-refractivity contribution < 1.29 is 10.2 Å². The van der Waals surface area contributed by atoms with E-state index in [4.69, 9.17) is 0 Å². The Bertz CT molecular complexity index is 546. The van der Waals surface area contributed by atoms with Crippen molar-refractivity contribution in [2.75, 3.05) is 0 Å². The van der Waals surface area contributed by atoms with Crippen LogP contribution in [0, 0.1) is 28.6 Å². The highest BCUT2D eigenvalue weighted by Crippen LogP contribution is 2.66. The van der Waals surface area contributed by atoms with Gasteiger partial charge in [0, 0.05) is 5.41 Å². The van der Waals surface area contributed by atoms with Gasteiger partial charge in [-0.05, 0) is 68.6 Å². The minimum atomic E-state index is -0.494. The molecule has 0 bridgehead atoms. The van der Waals surface area contributed by atoms with Crippen LogP contribution in [0.3, 0.4) is 0 Å². The van der Waals surface area contributed by atoms with Crippen LogP contribution >= 0.6 is 0 Å². The summed E-state index contributed by atoms with van der Waals surface area (Å²) in [6, 6.07) is 0. The average molecular weight is 302 g/mol. The van der Waals surface area contributed by atoms with E-state index in [1.54, 1.807) is 0 Å². The predicted octanol–water partition coefficient (Wildman–Crippen LogP) is 3.84. The molecule has 0 amide bonds. The monoisotopic (exact) mass is 302 g/mol. The first-order valence-corrected chi connectivity index (χ1v) is 9.07. The van der Waals surface area contributed by atoms with Crippen LogP contribution in [0.15, 0.2) is 23.8 Å². The van der Waals surface area contributed by atoms with Gasteiger partial charge in [-0.15, -0.1) is 0 Å². The molecule has 0 aromatic carbocycles. The Morgan fingerprint density at radius 2 is 1.82 bits per heavy atom. The minimum Gasteiger partial charge on any atom is -0.390 e. The van der Waals surface area contributed by atoms with Crippen LogP contribution in [0.5, 0.6) is 0 Å². The van der Waals surface area contributed by atoms with E-state index in [9.17, 15) is 10.2 Å². The Labute approximate surface area is 134 Å². The molecule has 2 saturated carbocycles. The quantitative estimate of drug-likeness (QED) is 0.668. The zero-order chi connectivity index (χ0) is 15.8. The SMILES string of the molecule is C[C@]12C=C[C@@H](O)CC1=CC[C@H]1[C@H]2CC[C@@]2(C)[C@@H]1CC[C@]2(C)O. The zero-order valence-corrected chi connectivity index (χ0v) is 14.2. The van der Waals surface area contributed by atoms with Crippen molar-refractivity contribution in [2.24, 2.45) is 28.6 Å². The Balaban J connectivity index is 1.72. The maximum Gasteiger partial charge on any atom is 0.0758 e. The second-order valence-corrected chi connectivity index (χ2v) is 9.02. The van der Waals surface area contributed by atoms with Crippen LogP contribution in [-0.2, 0) is 0 Å². The molecular weight excluding hydrogens is 272 g/mol. The van der Waals surface area contributed by atoms with E-state index in [1.807, 2.05) is 6.08 Å². The smallest absolute Gasteiger partial charge is 0.0758 e. The lowest BCUT2D eigenvalue weighted by Gasteiger charge is -2.57. The summed E-state index contributed by atoms with van der Waals surface area (Å²) in [7, 11) is 0. The number of fused-ring (bicyclic) bond motifs is 5. The molecule has 4 aliphatic carbocycles. The third-order valence-electron chi connectivity index (χ3n) is 8.19. The molecule has 2 fully saturated rings. The Morgan fingerprint density at radius 3 is 2.59 bits per heavy atom. The Morgan fingerprint density at radius 1 is 1.09 bits per heavy atom. The Hall–Kier alpha value is -0.600. The van der Waals surface area contributed by atoms with Crippen molar-refractivity contribution in [3.63, 3.8) is 0 Å². The van der Waals surface area contributed by atoms with E-state index in [-0.39, 0.29) is 16.9 Å². The van der Waals surface area contributed by atoms with Crippen molar-refractivity contribution in [2.45, 2.75) is 71.0 Å². The lowest BCUT2D eigenvalue weighted by molar-refractivity contribution is -0.107. The molecular formula is C20H30O2. The van der Waals surface area contributed by atoms with Crippen LogP contribution in [0.2, 0.25) is 0 Å². The van der Waals surface area contributed by atoms with Crippen molar-refractivity contribution in [1.82, 2.24) is 0 Å². The summed E-state index contributed by atoms with van der Waals surface area (Å²) in [6.45, 7) is 6.78. The van der Waals surface area contributed by atoms with Crippen LogP contribution in [-0.4, -0.2) is 21.9 Å². The van der Waals surface area contributed by atoms with Crippen molar-refractivity contribution in [1.29, 1.82) is 0 Å². The summed E-state index contributed by atoms with van der Waals surface area (Å²) < 4.78 is 0. The van der Waals surface area contributed by atoms with E-state index >= 15 is 0 Å². The molecule has 0 aliphatic heterocycles. The van der Waals surface area contributed by atoms with Gasteiger partial charge in [-0.25, -0.2) is 0 Å². The lowest BCUT2D eigenvalue weighted by atomic mass is 9.48. The van der Waals surface area contributed by atoms with Gasteiger partial charge in [-0.2, -0.15) is 0 Å². The zero-order valence-electron chi connectivity index (χ0n) is 14.2. The normalized spacial score (nSPS) is 56.9. The summed E-state index contributed by atoms with van der Waals surface area (Å²) in [6.07, 6.45) is 12.9. The number of rotatable bonds is 0. The molecule has 2 nitrogen and oxygen atoms in total. The van der Waals surface area contributed by atoms with E-state index < -0.39 is 5.60 Å². The first kappa shape index (κ1) is 15.0. The molecule has 0 radical (unpaired) electrons. The third kappa shape index (κ3) is 1.74. The van der Waals surface area contributed by atoms with Crippen LogP contribution in [0.1, 0.15) is 59.3 Å². The first-order chi connectivity index (χ1) is 10.3. The van der Waals surface area contributed by atoms with Gasteiger partial charge in [-0.1, -0.05) is 37.6 Å². The highest BCUT2D eigenvalue weighted by Gasteiger charge is 2.61. The minimum absolute atomic E-state index is 0.0910. The molecule has 7 atom stereocenters. The molecule has 0 spiro atoms. The molecule has 2 N–H and O–H groups in total. The van der Waals surface area contributed by atoms with E-state index in [0.717, 1.165) is 25.7 Å². The molecule has 0 heterocycles. The van der Waals surface area contributed by atoms with Crippen molar-refractivity contribution in [3.8, 4) is 0 Å². The molecule has 0 saturated heterocycles. The largest absolute Gasteiger partial charge is 0.390 e. The summed E-state index contributed by atoms with van der Waals surface area (Å²) in [4.78, 5) is 0. The summed E-state index contributed by atoms with van der Waals surface area (Å²) in [5, 5.41) is 20.9. The van der Waals surface area contributed by atoms with Gasteiger partial charge in [0.25, 0.3) is 0 Å². The first-order valence-electron chi connectivity index (χ1n) is 9.07. The van der Waals surface area contributed by atoms with Gasteiger partial charge in [0.05, 0.1) is 11.7 Å². The van der Waals surface area contributed by atoms with Crippen LogP contribution < -0.4 is 0 Å². The number of hydrogen-bond acceptors (Lipinski definition) is 2. The van der Waals surface area contributed by atoms with E-state index in [0.29, 0.717) is 17.8 Å². The highest BCUT2D eigenvalue weighted by atomic mass is 16.3. The third-order valence-corrected chi connectivity index (χ3v) is 8.19. The number of allylic oxidation sites excluding steroid dienone is 2. The fraction of sp³-hybridized carbons (Fsp3) is 0.800. The predicted molar refractivity (Wildman–Crippen MR) is 88.2 cm³/mol. The molecule has 2 heteroatoms. The fourth-order valence-corrected chi connectivity index (χ4v) is 6.48. The standard InChI is InChI=1S/C20H30O2/c1-18-9-6-14(21)12-13(18)4-5-15-16(18)7-10-19(2)17(15)8-11-20(19,3)22/h4,6,9,14-17,21-22H,5,7-8,10-12H2,1-3H3/t14-,15+,16-,17-,18+,19+,20+/m1/s1. The molecule has 0 aromatic heterocycles. The fourth-order valence-electron chi connectivity index (χ4n) is 6.48. The van der Waals surface area contributed by atoms with E-state index in [2.05, 4.69) is 32.9 Å². The van der Waals surface area contributed by atoms with Crippen molar-refractivity contribution in [3.05, 3.63) is 23.8 Å². The molecule has 122 valence electrons. The van der Waals surface area contributed by atoms with Gasteiger partial charge < -0.3 is 10.2 Å². The maximum absolute atomic E-state index is 10.9. The lowest BCUT2D eigenvalue weighted by Crippen LogP contribution is -2.53. The molecule has 22 heavy (non-hydrogen) atoms. The summed E-state index contributed by atoms with van der Waals surface area (Å²) in [5.74, 6) is 2.03. The van der Waals surface area contributed by atoms with Gasteiger partial charge in [0.2, 0.25) is 0 Å². The topological polar surface area (TPSA) is 40.5 Å². The van der Waals surface area contributed by atoms with Gasteiger partial charge in [0.15, 0.2) is 0 Å². The average Bonchev–Trinajstić information content (AvgIpc) is 2.70. The number of hydrogen-bond donors (Lipinski definition) is 2. The van der Waals surface area contributed by atoms with Gasteiger partial charge >= 0.3 is 0 Å². The number of aliphatic hydroxyl groups excluding tert-OH is 1. The molecule has 4 aliphatic rings. The highest BCUT2D eigenvalue weighted by molar-refractivity contribution is 5.33. The van der Waals surface area contributed by atoms with Gasteiger partial charge in [-0.3, -0.25) is 0 Å². The van der Waals surface area contributed by atoms with Gasteiger partial charge in [0.1, 0.15) is 0 Å². The van der Waals surface area contributed by atoms with E-state index in [1.165, 1.54) is 18.4 Å². The van der Waals surface area contributed by atoms with Crippen LogP contribution in [0.4, 0.5) is 0 Å². The molecule has 4 rings (SSSR count). The second kappa shape index (κ2) is 4.48. The molecule has 0 unspecified atom stereocenters. The molecule has 0 aromatic rings.